The van der Waals surface area contributed by atoms with Crippen LogP contribution in [-0.4, -0.2) is 83.6 Å². The third-order valence-electron chi connectivity index (χ3n) is 8.13. The van der Waals surface area contributed by atoms with E-state index in [0.29, 0.717) is 18.3 Å². The molecule has 5 rings (SSSR count). The SMILES string of the molecule is CN.CN=CN1CCC(CC(=O)N2CCC(C3C4=C(CCc5cc(O)cc(O)c53)CC(Br)C=N4)CC2)C1. The lowest BCUT2D eigenvalue weighted by molar-refractivity contribution is -0.133. The van der Waals surface area contributed by atoms with Crippen molar-refractivity contribution in [3.05, 3.63) is 34.5 Å². The summed E-state index contributed by atoms with van der Waals surface area (Å²) >= 11 is 3.70. The molecule has 8 nitrogen and oxygen atoms in total. The number of piperidine rings is 1. The molecule has 3 atom stereocenters. The van der Waals surface area contributed by atoms with E-state index in [1.54, 1.807) is 7.05 Å². The van der Waals surface area contributed by atoms with Crippen molar-refractivity contribution in [2.75, 3.05) is 40.3 Å². The second-order valence-electron chi connectivity index (χ2n) is 10.4. The molecule has 1 aliphatic carbocycles. The molecule has 4 N–H and O–H groups in total. The minimum Gasteiger partial charge on any atom is -0.508 e. The minimum atomic E-state index is -0.00618. The summed E-state index contributed by atoms with van der Waals surface area (Å²) in [5, 5.41) is 21.1. The van der Waals surface area contributed by atoms with Gasteiger partial charge < -0.3 is 25.7 Å². The van der Waals surface area contributed by atoms with E-state index in [1.165, 1.54) is 18.7 Å². The molecular weight excluding hydrogens is 534 g/mol. The summed E-state index contributed by atoms with van der Waals surface area (Å²) in [7, 11) is 3.29. The summed E-state index contributed by atoms with van der Waals surface area (Å²) in [5.41, 5.74) is 8.87. The van der Waals surface area contributed by atoms with Gasteiger partial charge in [-0.15, -0.1) is 0 Å². The number of halogens is 1. The molecule has 1 amide bonds. The van der Waals surface area contributed by atoms with Crippen molar-refractivity contribution in [3.63, 3.8) is 0 Å². The highest BCUT2D eigenvalue weighted by Crippen LogP contribution is 2.49. The Kier molecular flexibility index (Phi) is 9.29. The lowest BCUT2D eigenvalue weighted by Crippen LogP contribution is -2.41. The number of rotatable bonds is 4. The summed E-state index contributed by atoms with van der Waals surface area (Å²) < 4.78 is 0. The number of allylic oxidation sites excluding steroid dienone is 2. The number of carbonyl (C=O) groups is 1. The molecule has 0 aromatic heterocycles. The van der Waals surface area contributed by atoms with Gasteiger partial charge in [0, 0.05) is 69.1 Å². The molecule has 2 fully saturated rings. The van der Waals surface area contributed by atoms with Crippen molar-refractivity contribution in [1.82, 2.24) is 9.80 Å². The number of fused-ring (bicyclic) bond motifs is 1. The Labute approximate surface area is 228 Å². The average Bonchev–Trinajstić information content (AvgIpc) is 3.26. The summed E-state index contributed by atoms with van der Waals surface area (Å²) in [5.74, 6) is 1.22. The fourth-order valence-electron chi connectivity index (χ4n) is 6.46. The van der Waals surface area contributed by atoms with Gasteiger partial charge >= 0.3 is 0 Å². The predicted octanol–water partition coefficient (Wildman–Crippen LogP) is 3.80. The maximum Gasteiger partial charge on any atom is 0.222 e. The fraction of sp³-hybridized carbons (Fsp3) is 0.607. The van der Waals surface area contributed by atoms with Crippen LogP contribution in [0.3, 0.4) is 0 Å². The zero-order valence-corrected chi connectivity index (χ0v) is 23.5. The monoisotopic (exact) mass is 573 g/mol. The lowest BCUT2D eigenvalue weighted by atomic mass is 9.75. The number of alkyl halides is 1. The third-order valence-corrected chi connectivity index (χ3v) is 8.69. The Bertz CT molecular complexity index is 1060. The number of nitrogens with zero attached hydrogens (tertiary/aromatic N) is 4. The second kappa shape index (κ2) is 12.4. The van der Waals surface area contributed by atoms with Crippen LogP contribution >= 0.6 is 15.9 Å². The molecule has 2 saturated heterocycles. The zero-order valence-electron chi connectivity index (χ0n) is 21.9. The van der Waals surface area contributed by atoms with Gasteiger partial charge in [-0.25, -0.2) is 0 Å². The number of aryl methyl sites for hydroxylation is 1. The van der Waals surface area contributed by atoms with E-state index in [4.69, 9.17) is 4.99 Å². The number of likely N-dealkylation sites (tertiary alicyclic amines) is 2. The fourth-order valence-corrected chi connectivity index (χ4v) is 6.97. The number of aliphatic imine (C=N–C) groups is 2. The third kappa shape index (κ3) is 6.20. The largest absolute Gasteiger partial charge is 0.508 e. The van der Waals surface area contributed by atoms with Gasteiger partial charge in [-0.1, -0.05) is 15.9 Å². The molecular formula is C28H40BrN5O3. The molecule has 4 aliphatic rings. The van der Waals surface area contributed by atoms with Crippen LogP contribution in [0.4, 0.5) is 0 Å². The van der Waals surface area contributed by atoms with Gasteiger partial charge in [-0.05, 0) is 74.6 Å². The number of carbonyl (C=O) groups excluding carboxylic acids is 1. The number of hydrogen-bond acceptors (Lipinski definition) is 6. The number of phenolic OH excluding ortho intramolecular Hbond substituents is 2. The Morgan fingerprint density at radius 3 is 2.68 bits per heavy atom. The highest BCUT2D eigenvalue weighted by molar-refractivity contribution is 9.10. The smallest absolute Gasteiger partial charge is 0.222 e. The summed E-state index contributed by atoms with van der Waals surface area (Å²) in [6.07, 6.45) is 9.89. The first-order valence-electron chi connectivity index (χ1n) is 13.4. The standard InChI is InChI=1S/C27H35BrN4O3.CH5N/c1-29-16-31-7-4-17(15-31)10-24(35)32-8-5-18(6-9-32)26-25-19(12-22(33)13-23(25)34)2-3-20-11-21(28)14-30-27(20)26;1-2/h12-14,16-18,21,26,33-34H,2-11,15H2,1H3;2H2,1H3. The van der Waals surface area contributed by atoms with Crippen LogP contribution in [0.15, 0.2) is 33.4 Å². The molecule has 1 aromatic rings. The van der Waals surface area contributed by atoms with E-state index in [-0.39, 0.29) is 28.2 Å². The van der Waals surface area contributed by atoms with Gasteiger partial charge in [0.15, 0.2) is 0 Å². The molecule has 9 heteroatoms. The van der Waals surface area contributed by atoms with Crippen molar-refractivity contribution in [2.24, 2.45) is 27.6 Å². The van der Waals surface area contributed by atoms with Crippen LogP contribution in [0.25, 0.3) is 0 Å². The first-order chi connectivity index (χ1) is 17.9. The quantitative estimate of drug-likeness (QED) is 0.288. The Morgan fingerprint density at radius 2 is 1.95 bits per heavy atom. The summed E-state index contributed by atoms with van der Waals surface area (Å²) in [6.45, 7) is 3.38. The Morgan fingerprint density at radius 1 is 1.19 bits per heavy atom. The number of phenols is 2. The normalized spacial score (nSPS) is 26.0. The molecule has 1 aromatic carbocycles. The van der Waals surface area contributed by atoms with Crippen LogP contribution < -0.4 is 5.73 Å². The van der Waals surface area contributed by atoms with Crippen LogP contribution in [-0.2, 0) is 11.2 Å². The summed E-state index contributed by atoms with van der Waals surface area (Å²) in [6, 6.07) is 3.27. The molecule has 3 heterocycles. The first kappa shape index (κ1) is 27.6. The zero-order chi connectivity index (χ0) is 26.5. The van der Waals surface area contributed by atoms with E-state index in [9.17, 15) is 15.0 Å². The Balaban J connectivity index is 0.00000156. The molecule has 0 saturated carbocycles. The number of benzene rings is 1. The van der Waals surface area contributed by atoms with Crippen molar-refractivity contribution >= 4 is 34.4 Å². The molecule has 202 valence electrons. The molecule has 0 radical (unpaired) electrons. The average molecular weight is 575 g/mol. The highest BCUT2D eigenvalue weighted by Gasteiger charge is 2.38. The maximum atomic E-state index is 13.1. The summed E-state index contributed by atoms with van der Waals surface area (Å²) in [4.78, 5) is 26.5. The van der Waals surface area contributed by atoms with Crippen LogP contribution in [0.2, 0.25) is 0 Å². The molecule has 37 heavy (non-hydrogen) atoms. The van der Waals surface area contributed by atoms with Crippen molar-refractivity contribution in [3.8, 4) is 11.5 Å². The van der Waals surface area contributed by atoms with E-state index in [0.717, 1.165) is 81.5 Å². The maximum absolute atomic E-state index is 13.1. The van der Waals surface area contributed by atoms with E-state index in [1.807, 2.05) is 23.5 Å². The lowest BCUT2D eigenvalue weighted by Gasteiger charge is -2.38. The number of nitrogens with two attached hydrogens (primary N) is 1. The topological polar surface area (TPSA) is 115 Å². The van der Waals surface area contributed by atoms with Gasteiger partial charge in [0.1, 0.15) is 11.5 Å². The predicted molar refractivity (Wildman–Crippen MR) is 152 cm³/mol. The van der Waals surface area contributed by atoms with Gasteiger partial charge in [0.05, 0.1) is 11.2 Å². The molecule has 3 aliphatic heterocycles. The number of amides is 1. The van der Waals surface area contributed by atoms with Crippen molar-refractivity contribution in [2.45, 2.75) is 55.7 Å². The van der Waals surface area contributed by atoms with Gasteiger partial charge in [0.2, 0.25) is 5.91 Å². The van der Waals surface area contributed by atoms with Gasteiger partial charge in [-0.2, -0.15) is 0 Å². The minimum absolute atomic E-state index is 0.00618. The van der Waals surface area contributed by atoms with Crippen LogP contribution in [0.1, 0.15) is 55.6 Å². The van der Waals surface area contributed by atoms with E-state index >= 15 is 0 Å². The van der Waals surface area contributed by atoms with Crippen molar-refractivity contribution < 1.29 is 15.0 Å². The molecule has 0 bridgehead atoms. The number of hydrogen-bond donors (Lipinski definition) is 3. The van der Waals surface area contributed by atoms with E-state index < -0.39 is 0 Å². The van der Waals surface area contributed by atoms with Crippen LogP contribution in [0, 0.1) is 11.8 Å². The van der Waals surface area contributed by atoms with Crippen LogP contribution in [0.5, 0.6) is 11.5 Å². The first-order valence-corrected chi connectivity index (χ1v) is 14.3. The number of aromatic hydroxyl groups is 2. The van der Waals surface area contributed by atoms with E-state index in [2.05, 4.69) is 31.6 Å². The Hall–Kier alpha value is -2.39. The van der Waals surface area contributed by atoms with Crippen molar-refractivity contribution in [1.29, 1.82) is 0 Å². The highest BCUT2D eigenvalue weighted by atomic mass is 79.9. The molecule has 0 spiro atoms. The van der Waals surface area contributed by atoms with Gasteiger partial charge in [0.25, 0.3) is 0 Å². The second-order valence-corrected chi connectivity index (χ2v) is 11.6. The molecule has 3 unspecified atom stereocenters. The van der Waals surface area contributed by atoms with Gasteiger partial charge in [-0.3, -0.25) is 14.8 Å².